The van der Waals surface area contributed by atoms with Gasteiger partial charge in [-0.1, -0.05) is 12.1 Å². The predicted molar refractivity (Wildman–Crippen MR) is 80.5 cm³/mol. The number of anilines is 1. The molecule has 0 atom stereocenters. The Morgan fingerprint density at radius 3 is 2.72 bits per heavy atom. The number of hydrogen-bond acceptors (Lipinski definition) is 3. The first kappa shape index (κ1) is 13.8. The monoisotopic (exact) mass is 311 g/mol. The number of likely N-dealkylation sites (tertiary alicyclic amines) is 1. The molecule has 0 aromatic heterocycles. The van der Waals surface area contributed by atoms with Crippen LogP contribution in [0.2, 0.25) is 0 Å². The molecule has 0 radical (unpaired) electrons. The molecule has 2 rings (SSSR count). The number of nitrogen functional groups attached to an aromatic ring is 1. The fourth-order valence-corrected chi connectivity index (χ4v) is 2.95. The van der Waals surface area contributed by atoms with Crippen molar-refractivity contribution in [1.82, 2.24) is 9.80 Å². The topological polar surface area (TPSA) is 32.5 Å². The number of benzene rings is 1. The van der Waals surface area contributed by atoms with Crippen LogP contribution in [-0.4, -0.2) is 43.0 Å². The molecule has 1 aromatic carbocycles. The van der Waals surface area contributed by atoms with E-state index in [4.69, 9.17) is 5.73 Å². The largest absolute Gasteiger partial charge is 0.398 e. The zero-order valence-corrected chi connectivity index (χ0v) is 12.8. The molecule has 2 N–H and O–H groups in total. The van der Waals surface area contributed by atoms with Crippen LogP contribution in [0.1, 0.15) is 18.4 Å². The molecule has 1 aliphatic rings. The van der Waals surface area contributed by atoms with Crippen molar-refractivity contribution in [2.45, 2.75) is 25.4 Å². The molecule has 0 spiro atoms. The van der Waals surface area contributed by atoms with E-state index in [0.717, 1.165) is 16.7 Å². The molecule has 3 nitrogen and oxygen atoms in total. The quantitative estimate of drug-likeness (QED) is 0.871. The minimum Gasteiger partial charge on any atom is -0.398 e. The first-order chi connectivity index (χ1) is 8.58. The molecular formula is C14H22BrN3. The summed E-state index contributed by atoms with van der Waals surface area (Å²) in [5.74, 6) is 0. The lowest BCUT2D eigenvalue weighted by atomic mass is 10.0. The predicted octanol–water partition coefficient (Wildman–Crippen LogP) is 2.56. The van der Waals surface area contributed by atoms with Gasteiger partial charge in [0.2, 0.25) is 0 Å². The van der Waals surface area contributed by atoms with Crippen molar-refractivity contribution in [3.63, 3.8) is 0 Å². The summed E-state index contributed by atoms with van der Waals surface area (Å²) >= 11 is 3.58. The van der Waals surface area contributed by atoms with E-state index in [1.165, 1.54) is 31.5 Å². The maximum absolute atomic E-state index is 5.92. The third-order valence-electron chi connectivity index (χ3n) is 3.84. The third kappa shape index (κ3) is 3.25. The van der Waals surface area contributed by atoms with Crippen LogP contribution in [0, 0.1) is 0 Å². The number of nitrogens with two attached hydrogens (primary N) is 1. The van der Waals surface area contributed by atoms with E-state index in [1.54, 1.807) is 0 Å². The molecule has 0 bridgehead atoms. The van der Waals surface area contributed by atoms with Crippen LogP contribution in [0.5, 0.6) is 0 Å². The summed E-state index contributed by atoms with van der Waals surface area (Å²) in [7, 11) is 4.41. The zero-order chi connectivity index (χ0) is 13.1. The summed E-state index contributed by atoms with van der Waals surface area (Å²) in [6.07, 6.45) is 2.51. The number of piperidine rings is 1. The molecule has 1 aliphatic heterocycles. The molecule has 0 saturated carbocycles. The summed E-state index contributed by atoms with van der Waals surface area (Å²) < 4.78 is 1.05. The number of rotatable bonds is 3. The normalized spacial score (nSPS) is 18.4. The Morgan fingerprint density at radius 1 is 1.39 bits per heavy atom. The van der Waals surface area contributed by atoms with Gasteiger partial charge >= 0.3 is 0 Å². The molecule has 0 unspecified atom stereocenters. The van der Waals surface area contributed by atoms with E-state index in [-0.39, 0.29) is 0 Å². The summed E-state index contributed by atoms with van der Waals surface area (Å²) in [4.78, 5) is 4.85. The Bertz CT molecular complexity index is 400. The highest BCUT2D eigenvalue weighted by Gasteiger charge is 2.21. The minimum absolute atomic E-state index is 0.689. The summed E-state index contributed by atoms with van der Waals surface area (Å²) in [5, 5.41) is 0. The standard InChI is InChI=1S/C14H22BrN3/c1-17-8-6-12(7-9-17)18(2)10-11-4-3-5-13(16)14(11)15/h3-5,12H,6-10,16H2,1-2H3. The molecule has 1 aromatic rings. The van der Waals surface area contributed by atoms with Crippen LogP contribution in [0.15, 0.2) is 22.7 Å². The molecule has 1 saturated heterocycles. The molecule has 1 fully saturated rings. The lowest BCUT2D eigenvalue weighted by Gasteiger charge is -2.35. The average molecular weight is 312 g/mol. The van der Waals surface area contributed by atoms with Gasteiger partial charge in [0, 0.05) is 22.7 Å². The summed E-state index contributed by atoms with van der Waals surface area (Å²) in [5.41, 5.74) is 8.02. The van der Waals surface area contributed by atoms with Crippen molar-refractivity contribution in [3.8, 4) is 0 Å². The van der Waals surface area contributed by atoms with E-state index in [9.17, 15) is 0 Å². The fraction of sp³-hybridized carbons (Fsp3) is 0.571. The highest BCUT2D eigenvalue weighted by Crippen LogP contribution is 2.26. The minimum atomic E-state index is 0.689. The van der Waals surface area contributed by atoms with Gasteiger partial charge in [0.05, 0.1) is 0 Å². The van der Waals surface area contributed by atoms with E-state index in [0.29, 0.717) is 6.04 Å². The summed E-state index contributed by atoms with van der Waals surface area (Å²) in [6.45, 7) is 3.36. The van der Waals surface area contributed by atoms with Crippen molar-refractivity contribution in [2.75, 3.05) is 32.9 Å². The Labute approximate surface area is 118 Å². The van der Waals surface area contributed by atoms with Gasteiger partial charge in [-0.15, -0.1) is 0 Å². The van der Waals surface area contributed by atoms with Crippen molar-refractivity contribution >= 4 is 21.6 Å². The summed E-state index contributed by atoms with van der Waals surface area (Å²) in [6, 6.07) is 6.79. The lowest BCUT2D eigenvalue weighted by molar-refractivity contribution is 0.139. The second-order valence-electron chi connectivity index (χ2n) is 5.27. The molecule has 18 heavy (non-hydrogen) atoms. The average Bonchev–Trinajstić information content (AvgIpc) is 2.36. The first-order valence-corrected chi connectivity index (χ1v) is 7.29. The van der Waals surface area contributed by atoms with Gasteiger partial charge in [-0.25, -0.2) is 0 Å². The lowest BCUT2D eigenvalue weighted by Crippen LogP contribution is -2.41. The Kier molecular flexibility index (Phi) is 4.65. The van der Waals surface area contributed by atoms with Crippen molar-refractivity contribution in [1.29, 1.82) is 0 Å². The van der Waals surface area contributed by atoms with Crippen LogP contribution in [0.25, 0.3) is 0 Å². The van der Waals surface area contributed by atoms with E-state index >= 15 is 0 Å². The van der Waals surface area contributed by atoms with Gasteiger partial charge < -0.3 is 10.6 Å². The van der Waals surface area contributed by atoms with Crippen LogP contribution < -0.4 is 5.73 Å². The van der Waals surface area contributed by atoms with Crippen molar-refractivity contribution in [3.05, 3.63) is 28.2 Å². The van der Waals surface area contributed by atoms with Crippen molar-refractivity contribution in [2.24, 2.45) is 0 Å². The fourth-order valence-electron chi connectivity index (χ4n) is 2.56. The zero-order valence-electron chi connectivity index (χ0n) is 11.2. The number of halogens is 1. The second-order valence-corrected chi connectivity index (χ2v) is 6.06. The van der Waals surface area contributed by atoms with Crippen LogP contribution in [0.4, 0.5) is 5.69 Å². The first-order valence-electron chi connectivity index (χ1n) is 6.49. The number of hydrogen-bond donors (Lipinski definition) is 1. The molecule has 100 valence electrons. The van der Waals surface area contributed by atoms with Gasteiger partial charge in [-0.3, -0.25) is 4.90 Å². The van der Waals surface area contributed by atoms with Crippen LogP contribution in [0.3, 0.4) is 0 Å². The second kappa shape index (κ2) is 6.04. The Hall–Kier alpha value is -0.580. The van der Waals surface area contributed by atoms with E-state index in [1.807, 2.05) is 12.1 Å². The maximum atomic E-state index is 5.92. The third-order valence-corrected chi connectivity index (χ3v) is 4.81. The Balaban J connectivity index is 1.98. The van der Waals surface area contributed by atoms with Gasteiger partial charge in [-0.05, 0) is 67.6 Å². The maximum Gasteiger partial charge on any atom is 0.0461 e. The smallest absolute Gasteiger partial charge is 0.0461 e. The SMILES string of the molecule is CN1CCC(N(C)Cc2cccc(N)c2Br)CC1. The molecular weight excluding hydrogens is 290 g/mol. The Morgan fingerprint density at radius 2 is 2.06 bits per heavy atom. The van der Waals surface area contributed by atoms with E-state index in [2.05, 4.69) is 45.9 Å². The highest BCUT2D eigenvalue weighted by molar-refractivity contribution is 9.10. The van der Waals surface area contributed by atoms with E-state index < -0.39 is 0 Å². The highest BCUT2D eigenvalue weighted by atomic mass is 79.9. The van der Waals surface area contributed by atoms with Crippen molar-refractivity contribution < 1.29 is 0 Å². The van der Waals surface area contributed by atoms with Crippen LogP contribution >= 0.6 is 15.9 Å². The van der Waals surface area contributed by atoms with Gasteiger partial charge in [0.1, 0.15) is 0 Å². The molecule has 1 heterocycles. The molecule has 0 amide bonds. The number of nitrogens with zero attached hydrogens (tertiary/aromatic N) is 2. The van der Waals surface area contributed by atoms with Gasteiger partial charge in [0.25, 0.3) is 0 Å². The van der Waals surface area contributed by atoms with Gasteiger partial charge in [0.15, 0.2) is 0 Å². The molecule has 0 aliphatic carbocycles. The van der Waals surface area contributed by atoms with Crippen LogP contribution in [-0.2, 0) is 6.54 Å². The van der Waals surface area contributed by atoms with Gasteiger partial charge in [-0.2, -0.15) is 0 Å². The molecule has 4 heteroatoms.